The monoisotopic (exact) mass is 281 g/mol. The summed E-state index contributed by atoms with van der Waals surface area (Å²) in [4.78, 5) is 17.7. The van der Waals surface area contributed by atoms with E-state index in [0.29, 0.717) is 5.56 Å². The second-order valence-corrected chi connectivity index (χ2v) is 4.65. The maximum Gasteiger partial charge on any atom is 0.271 e. The summed E-state index contributed by atoms with van der Waals surface area (Å²) in [7, 11) is 0. The zero-order valence-corrected chi connectivity index (χ0v) is 11.3. The fourth-order valence-electron chi connectivity index (χ4n) is 1.65. The van der Waals surface area contributed by atoms with Crippen LogP contribution in [0.25, 0.3) is 0 Å². The second kappa shape index (κ2) is 5.40. The lowest BCUT2D eigenvalue weighted by Gasteiger charge is -2.15. The Labute approximate surface area is 114 Å². The van der Waals surface area contributed by atoms with Gasteiger partial charge in [-0.25, -0.2) is 9.37 Å². The summed E-state index contributed by atoms with van der Waals surface area (Å²) in [6.07, 6.45) is 1.26. The van der Waals surface area contributed by atoms with E-state index >= 15 is 0 Å². The molecule has 0 fully saturated rings. The van der Waals surface area contributed by atoms with Gasteiger partial charge in [-0.15, -0.1) is 0 Å². The molecular formula is C13H13ClFN3O. The quantitative estimate of drug-likeness (QED) is 0.909. The third kappa shape index (κ3) is 2.93. The smallest absolute Gasteiger partial charge is 0.271 e. The van der Waals surface area contributed by atoms with E-state index in [1.807, 2.05) is 13.0 Å². The zero-order valence-electron chi connectivity index (χ0n) is 10.5. The van der Waals surface area contributed by atoms with Crippen LogP contribution in [0.5, 0.6) is 0 Å². The van der Waals surface area contributed by atoms with Crippen LogP contribution in [0.1, 0.15) is 24.1 Å². The van der Waals surface area contributed by atoms with Crippen molar-refractivity contribution >= 4 is 17.4 Å². The van der Waals surface area contributed by atoms with E-state index in [1.165, 1.54) is 12.4 Å². The highest BCUT2D eigenvalue weighted by molar-refractivity contribution is 6.32. The predicted molar refractivity (Wildman–Crippen MR) is 73.0 cm³/mol. The first-order chi connectivity index (χ1) is 8.99. The second-order valence-electron chi connectivity index (χ2n) is 4.27. The molecule has 4 nitrogen and oxygen atoms in total. The molecule has 0 radical (unpaired) electrons. The Morgan fingerprint density at radius 1 is 1.47 bits per heavy atom. The molecule has 1 atom stereocenters. The summed E-state index contributed by atoms with van der Waals surface area (Å²) in [6, 6.07) is 4.75. The number of nitrogens with zero attached hydrogens (tertiary/aromatic N) is 1. The van der Waals surface area contributed by atoms with E-state index < -0.39 is 5.56 Å². The lowest BCUT2D eigenvalue weighted by atomic mass is 10.1. The van der Waals surface area contributed by atoms with Crippen molar-refractivity contribution in [1.82, 2.24) is 9.97 Å². The highest BCUT2D eigenvalue weighted by atomic mass is 35.5. The molecule has 0 aliphatic rings. The van der Waals surface area contributed by atoms with Crippen LogP contribution in [-0.2, 0) is 0 Å². The van der Waals surface area contributed by atoms with E-state index in [0.717, 1.165) is 5.56 Å². The van der Waals surface area contributed by atoms with Crippen molar-refractivity contribution in [3.8, 4) is 0 Å². The fraction of sp³-hybridized carbons (Fsp3) is 0.231. The summed E-state index contributed by atoms with van der Waals surface area (Å²) >= 11 is 5.84. The van der Waals surface area contributed by atoms with Crippen molar-refractivity contribution in [2.75, 3.05) is 5.32 Å². The Balaban J connectivity index is 2.25. The molecule has 2 N–H and O–H groups in total. The van der Waals surface area contributed by atoms with Crippen LogP contribution in [0.15, 0.2) is 29.3 Å². The number of halogens is 2. The maximum atomic E-state index is 13.5. The SMILES string of the molecule is Cc1ccc(C(C)Nc2nc[nH]c(=O)c2Cl)cc1F. The highest BCUT2D eigenvalue weighted by Gasteiger charge is 2.12. The average Bonchev–Trinajstić information content (AvgIpc) is 2.38. The van der Waals surface area contributed by atoms with E-state index in [4.69, 9.17) is 11.6 Å². The van der Waals surface area contributed by atoms with Gasteiger partial charge in [0.25, 0.3) is 5.56 Å². The third-order valence-corrected chi connectivity index (χ3v) is 3.20. The van der Waals surface area contributed by atoms with Crippen molar-refractivity contribution in [3.05, 3.63) is 56.8 Å². The molecule has 0 spiro atoms. The van der Waals surface area contributed by atoms with Gasteiger partial charge in [0.1, 0.15) is 10.8 Å². The van der Waals surface area contributed by atoms with Crippen LogP contribution in [-0.4, -0.2) is 9.97 Å². The molecule has 1 aromatic carbocycles. The average molecular weight is 282 g/mol. The van der Waals surface area contributed by atoms with Gasteiger partial charge in [-0.3, -0.25) is 4.79 Å². The van der Waals surface area contributed by atoms with Crippen LogP contribution in [0.4, 0.5) is 10.2 Å². The molecule has 6 heteroatoms. The lowest BCUT2D eigenvalue weighted by molar-refractivity contribution is 0.614. The zero-order chi connectivity index (χ0) is 14.0. The molecule has 0 aliphatic heterocycles. The molecule has 1 unspecified atom stereocenters. The third-order valence-electron chi connectivity index (χ3n) is 2.85. The first-order valence-electron chi connectivity index (χ1n) is 5.75. The Bertz CT molecular complexity index is 657. The minimum absolute atomic E-state index is 0.0121. The summed E-state index contributed by atoms with van der Waals surface area (Å²) in [5, 5.41) is 2.97. The first-order valence-corrected chi connectivity index (χ1v) is 6.12. The van der Waals surface area contributed by atoms with Crippen molar-refractivity contribution < 1.29 is 4.39 Å². The van der Waals surface area contributed by atoms with E-state index in [2.05, 4.69) is 15.3 Å². The summed E-state index contributed by atoms with van der Waals surface area (Å²) in [5.41, 5.74) is 0.922. The van der Waals surface area contributed by atoms with Crippen LogP contribution in [0.3, 0.4) is 0 Å². The van der Waals surface area contributed by atoms with Gasteiger partial charge in [0.15, 0.2) is 5.82 Å². The minimum atomic E-state index is -0.415. The predicted octanol–water partition coefficient (Wildman–Crippen LogP) is 3.04. The molecule has 1 aromatic heterocycles. The van der Waals surface area contributed by atoms with Crippen molar-refractivity contribution in [3.63, 3.8) is 0 Å². The number of benzene rings is 1. The Kier molecular flexibility index (Phi) is 3.85. The lowest BCUT2D eigenvalue weighted by Crippen LogP contribution is -2.14. The Hall–Kier alpha value is -1.88. The number of hydrogen-bond donors (Lipinski definition) is 2. The Morgan fingerprint density at radius 2 is 2.21 bits per heavy atom. The van der Waals surface area contributed by atoms with Gasteiger partial charge in [0, 0.05) is 0 Å². The molecule has 0 aliphatic carbocycles. The summed E-state index contributed by atoms with van der Waals surface area (Å²) in [6.45, 7) is 3.54. The van der Waals surface area contributed by atoms with Crippen LogP contribution >= 0.6 is 11.6 Å². The number of aromatic amines is 1. The first kappa shape index (κ1) is 13.5. The van der Waals surface area contributed by atoms with Gasteiger partial charge in [-0.05, 0) is 31.0 Å². The molecule has 0 saturated carbocycles. The number of rotatable bonds is 3. The topological polar surface area (TPSA) is 57.8 Å². The molecule has 2 aromatic rings. The number of anilines is 1. The summed E-state index contributed by atoms with van der Waals surface area (Å²) < 4.78 is 13.5. The number of nitrogens with one attached hydrogen (secondary N) is 2. The van der Waals surface area contributed by atoms with Gasteiger partial charge in [-0.1, -0.05) is 23.7 Å². The fourth-order valence-corrected chi connectivity index (χ4v) is 1.81. The van der Waals surface area contributed by atoms with Crippen LogP contribution in [0.2, 0.25) is 5.02 Å². The molecule has 0 amide bonds. The minimum Gasteiger partial charge on any atom is -0.362 e. The molecule has 1 heterocycles. The number of aryl methyl sites for hydroxylation is 1. The highest BCUT2D eigenvalue weighted by Crippen LogP contribution is 2.22. The van der Waals surface area contributed by atoms with Crippen molar-refractivity contribution in [2.45, 2.75) is 19.9 Å². The Morgan fingerprint density at radius 3 is 2.89 bits per heavy atom. The van der Waals surface area contributed by atoms with Crippen molar-refractivity contribution in [2.24, 2.45) is 0 Å². The van der Waals surface area contributed by atoms with Gasteiger partial charge in [0.2, 0.25) is 0 Å². The number of H-pyrrole nitrogens is 1. The van der Waals surface area contributed by atoms with E-state index in [1.54, 1.807) is 13.0 Å². The van der Waals surface area contributed by atoms with Gasteiger partial charge in [0.05, 0.1) is 12.4 Å². The molecule has 19 heavy (non-hydrogen) atoms. The maximum absolute atomic E-state index is 13.5. The largest absolute Gasteiger partial charge is 0.362 e. The van der Waals surface area contributed by atoms with Crippen LogP contribution in [0, 0.1) is 12.7 Å². The van der Waals surface area contributed by atoms with E-state index in [-0.39, 0.29) is 22.7 Å². The normalized spacial score (nSPS) is 12.2. The number of hydrogen-bond acceptors (Lipinski definition) is 3. The van der Waals surface area contributed by atoms with Gasteiger partial charge >= 0.3 is 0 Å². The van der Waals surface area contributed by atoms with Gasteiger partial charge in [-0.2, -0.15) is 0 Å². The number of aromatic nitrogens is 2. The molecule has 2 rings (SSSR count). The molecule has 0 saturated heterocycles. The molecule has 0 bridgehead atoms. The molecular weight excluding hydrogens is 269 g/mol. The molecule has 100 valence electrons. The van der Waals surface area contributed by atoms with E-state index in [9.17, 15) is 9.18 Å². The standard InChI is InChI=1S/C13H13ClFN3O/c1-7-3-4-9(5-10(7)15)8(2)18-12-11(14)13(19)17-6-16-12/h3-6,8H,1-2H3,(H2,16,17,18,19). The van der Waals surface area contributed by atoms with Gasteiger partial charge < -0.3 is 10.3 Å². The van der Waals surface area contributed by atoms with Crippen molar-refractivity contribution in [1.29, 1.82) is 0 Å². The van der Waals surface area contributed by atoms with Crippen LogP contribution < -0.4 is 10.9 Å². The summed E-state index contributed by atoms with van der Waals surface area (Å²) in [5.74, 6) is 0.00927.